The van der Waals surface area contributed by atoms with Crippen molar-refractivity contribution in [2.45, 2.75) is 0 Å². The first-order valence-corrected chi connectivity index (χ1v) is 5.97. The number of benzene rings is 1. The molecule has 0 saturated carbocycles. The van der Waals surface area contributed by atoms with Gasteiger partial charge in [0.2, 0.25) is 0 Å². The van der Waals surface area contributed by atoms with Crippen LogP contribution in [0, 0.1) is 0 Å². The van der Waals surface area contributed by atoms with Crippen molar-refractivity contribution < 1.29 is 14.0 Å². The molecule has 0 radical (unpaired) electrons. The molecule has 2 amide bonds. The summed E-state index contributed by atoms with van der Waals surface area (Å²) in [4.78, 5) is 23.3. The second kappa shape index (κ2) is 2.81. The second-order valence-electron chi connectivity index (χ2n) is 3.86. The van der Waals surface area contributed by atoms with E-state index in [1.165, 1.54) is 0 Å². The van der Waals surface area contributed by atoms with Crippen LogP contribution in [-0.4, -0.2) is 11.8 Å². The van der Waals surface area contributed by atoms with Crippen LogP contribution >= 0.6 is 11.8 Å². The van der Waals surface area contributed by atoms with Gasteiger partial charge in [0.15, 0.2) is 0 Å². The molecule has 82 valence electrons. The van der Waals surface area contributed by atoms with Crippen molar-refractivity contribution in [3.63, 3.8) is 0 Å². The molecular formula is C12H5NO3S. The lowest BCUT2D eigenvalue weighted by Crippen LogP contribution is -2.20. The molecule has 5 heteroatoms. The van der Waals surface area contributed by atoms with Crippen LogP contribution in [0.15, 0.2) is 15.2 Å². The van der Waals surface area contributed by atoms with Gasteiger partial charge < -0.3 is 4.42 Å². The maximum absolute atomic E-state index is 11.6. The monoisotopic (exact) mass is 243 g/mol. The summed E-state index contributed by atoms with van der Waals surface area (Å²) >= 11 is 1.55. The predicted molar refractivity (Wildman–Crippen MR) is 64.9 cm³/mol. The number of amides is 2. The van der Waals surface area contributed by atoms with Gasteiger partial charge in [0.1, 0.15) is 11.2 Å². The molecule has 4 rings (SSSR count). The number of nitrogens with one attached hydrogen (secondary N) is 1. The normalized spacial score (nSPS) is 17.4. The first-order chi connectivity index (χ1) is 8.27. The Balaban J connectivity index is 2.18. The minimum Gasteiger partial charge on any atom is -0.454 e. The highest BCUT2D eigenvalue weighted by Crippen LogP contribution is 2.41. The largest absolute Gasteiger partial charge is 0.454 e. The first-order valence-electron chi connectivity index (χ1n) is 5.03. The van der Waals surface area contributed by atoms with E-state index in [0.717, 1.165) is 11.1 Å². The van der Waals surface area contributed by atoms with Gasteiger partial charge in [-0.15, -0.1) is 11.8 Å². The Kier molecular flexibility index (Phi) is 1.50. The molecule has 4 nitrogen and oxygen atoms in total. The number of rotatable bonds is 0. The van der Waals surface area contributed by atoms with Gasteiger partial charge in [-0.25, -0.2) is 0 Å². The summed E-state index contributed by atoms with van der Waals surface area (Å²) in [5.41, 5.74) is 3.55. The highest BCUT2D eigenvalue weighted by atomic mass is 32.2. The number of imide groups is 1. The van der Waals surface area contributed by atoms with Crippen LogP contribution in [0.1, 0.15) is 31.8 Å². The highest BCUT2D eigenvalue weighted by molar-refractivity contribution is 8.05. The van der Waals surface area contributed by atoms with Crippen LogP contribution < -0.4 is 5.32 Å². The number of carbonyl (C=O) groups excluding carboxylic acids is 2. The van der Waals surface area contributed by atoms with E-state index >= 15 is 0 Å². The molecule has 2 bridgehead atoms. The van der Waals surface area contributed by atoms with E-state index in [2.05, 4.69) is 5.32 Å². The van der Waals surface area contributed by atoms with Gasteiger partial charge in [-0.3, -0.25) is 14.9 Å². The third kappa shape index (κ3) is 0.951. The molecule has 2 aromatic rings. The van der Waals surface area contributed by atoms with Gasteiger partial charge in [-0.05, 0) is 23.0 Å². The first kappa shape index (κ1) is 9.07. The Morgan fingerprint density at radius 2 is 1.47 bits per heavy atom. The van der Waals surface area contributed by atoms with E-state index in [0.29, 0.717) is 22.3 Å². The van der Waals surface area contributed by atoms with Crippen molar-refractivity contribution in [2.24, 2.45) is 0 Å². The third-order valence-electron chi connectivity index (χ3n) is 3.00. The number of hydrogen-bond acceptors (Lipinski definition) is 4. The summed E-state index contributed by atoms with van der Waals surface area (Å²) in [5.74, 6) is -0.730. The van der Waals surface area contributed by atoms with Gasteiger partial charge >= 0.3 is 0 Å². The maximum Gasteiger partial charge on any atom is 0.262 e. The van der Waals surface area contributed by atoms with Crippen molar-refractivity contribution in [1.29, 1.82) is 0 Å². The zero-order valence-electron chi connectivity index (χ0n) is 8.44. The summed E-state index contributed by atoms with van der Waals surface area (Å²) in [5, 5.41) is 6.14. The molecule has 1 N–H and O–H groups in total. The van der Waals surface area contributed by atoms with Crippen molar-refractivity contribution in [1.82, 2.24) is 5.32 Å². The third-order valence-corrected chi connectivity index (χ3v) is 3.58. The molecule has 0 fully saturated rings. The van der Waals surface area contributed by atoms with Crippen molar-refractivity contribution >= 4 is 46.9 Å². The SMILES string of the molecule is O=C1NC(=O)c2c1c1oc2c2c1C=CSC=C2. The minimum absolute atomic E-state index is 0.365. The van der Waals surface area contributed by atoms with Crippen molar-refractivity contribution in [3.05, 3.63) is 33.1 Å². The molecule has 0 aliphatic carbocycles. The second-order valence-corrected chi connectivity index (χ2v) is 4.68. The summed E-state index contributed by atoms with van der Waals surface area (Å²) < 4.78 is 5.57. The Bertz CT molecular complexity index is 680. The lowest BCUT2D eigenvalue weighted by molar-refractivity contribution is 0.0879. The summed E-state index contributed by atoms with van der Waals surface area (Å²) in [6, 6.07) is 0. The molecule has 0 saturated heterocycles. The maximum atomic E-state index is 11.6. The fourth-order valence-electron chi connectivity index (χ4n) is 2.31. The summed E-state index contributed by atoms with van der Waals surface area (Å²) in [7, 11) is 0. The van der Waals surface area contributed by atoms with Crippen LogP contribution in [0.2, 0.25) is 0 Å². The van der Waals surface area contributed by atoms with Gasteiger partial charge in [-0.1, -0.05) is 0 Å². The van der Waals surface area contributed by atoms with Gasteiger partial charge in [-0.2, -0.15) is 0 Å². The Labute approximate surface area is 99.7 Å². The van der Waals surface area contributed by atoms with Crippen LogP contribution in [0.3, 0.4) is 0 Å². The Morgan fingerprint density at radius 1 is 0.941 bits per heavy atom. The summed E-state index contributed by atoms with van der Waals surface area (Å²) in [6.07, 6.45) is 3.81. The summed E-state index contributed by atoms with van der Waals surface area (Å²) in [6.45, 7) is 0. The minimum atomic E-state index is -0.365. The fraction of sp³-hybridized carbons (Fsp3) is 0. The molecule has 2 aromatic heterocycles. The average molecular weight is 243 g/mol. The van der Waals surface area contributed by atoms with Crippen molar-refractivity contribution in [3.8, 4) is 0 Å². The number of fused-ring (bicyclic) bond motifs is 8. The molecular weight excluding hydrogens is 238 g/mol. The van der Waals surface area contributed by atoms with Gasteiger partial charge in [0, 0.05) is 11.1 Å². The highest BCUT2D eigenvalue weighted by Gasteiger charge is 2.38. The van der Waals surface area contributed by atoms with E-state index in [-0.39, 0.29) is 11.8 Å². The molecule has 2 aliphatic heterocycles. The zero-order valence-corrected chi connectivity index (χ0v) is 9.26. The lowest BCUT2D eigenvalue weighted by atomic mass is 9.99. The zero-order chi connectivity index (χ0) is 11.6. The quantitative estimate of drug-likeness (QED) is 0.722. The molecule has 0 atom stereocenters. The van der Waals surface area contributed by atoms with E-state index in [1.54, 1.807) is 11.8 Å². The number of hydrogen-bond donors (Lipinski definition) is 1. The van der Waals surface area contributed by atoms with Crippen LogP contribution in [0.4, 0.5) is 0 Å². The average Bonchev–Trinajstić information content (AvgIpc) is 2.85. The molecule has 4 heterocycles. The lowest BCUT2D eigenvalue weighted by Gasteiger charge is -1.96. The van der Waals surface area contributed by atoms with E-state index in [1.807, 2.05) is 23.0 Å². The van der Waals surface area contributed by atoms with Crippen molar-refractivity contribution in [2.75, 3.05) is 0 Å². The number of thioether (sulfide) groups is 1. The number of carbonyl (C=O) groups is 2. The number of furan rings is 2. The molecule has 17 heavy (non-hydrogen) atoms. The molecule has 2 aliphatic rings. The van der Waals surface area contributed by atoms with Gasteiger partial charge in [0.05, 0.1) is 11.1 Å². The fourth-order valence-corrected chi connectivity index (χ4v) is 2.83. The Hall–Kier alpha value is -2.01. The van der Waals surface area contributed by atoms with Crippen LogP contribution in [0.5, 0.6) is 0 Å². The van der Waals surface area contributed by atoms with Crippen LogP contribution in [-0.2, 0) is 0 Å². The predicted octanol–water partition coefficient (Wildman–Crippen LogP) is 2.44. The van der Waals surface area contributed by atoms with Crippen LogP contribution in [0.25, 0.3) is 23.3 Å². The topological polar surface area (TPSA) is 59.3 Å². The standard InChI is InChI=1S/C12H5NO3S/c14-11-7-8(12(15)13-11)10-6-2-4-17-3-1-5(6)9(7)16-10/h1-4H,(H,13,14,15). The van der Waals surface area contributed by atoms with E-state index in [4.69, 9.17) is 4.42 Å². The molecule has 0 unspecified atom stereocenters. The van der Waals surface area contributed by atoms with Gasteiger partial charge in [0.25, 0.3) is 11.8 Å². The van der Waals surface area contributed by atoms with E-state index in [9.17, 15) is 9.59 Å². The molecule has 0 spiro atoms. The smallest absolute Gasteiger partial charge is 0.262 e. The Morgan fingerprint density at radius 3 is 2.00 bits per heavy atom. The van der Waals surface area contributed by atoms with E-state index < -0.39 is 0 Å². The molecule has 0 aromatic carbocycles.